The summed E-state index contributed by atoms with van der Waals surface area (Å²) in [5.74, 6) is -0.348. The summed E-state index contributed by atoms with van der Waals surface area (Å²) in [6.45, 7) is 0.672. The van der Waals surface area contributed by atoms with Crippen molar-refractivity contribution in [1.82, 2.24) is 10.2 Å². The van der Waals surface area contributed by atoms with Crippen LogP contribution in [0.2, 0.25) is 0 Å². The van der Waals surface area contributed by atoms with Crippen molar-refractivity contribution in [3.05, 3.63) is 35.9 Å². The van der Waals surface area contributed by atoms with Crippen molar-refractivity contribution >= 4 is 12.0 Å². The quantitative estimate of drug-likeness (QED) is 0.675. The summed E-state index contributed by atoms with van der Waals surface area (Å²) in [5, 5.41) is 11.6. The summed E-state index contributed by atoms with van der Waals surface area (Å²) in [6, 6.07) is 9.12. The largest absolute Gasteiger partial charge is 0.465 e. The monoisotopic (exact) mass is 251 g/mol. The predicted octanol–water partition coefficient (Wildman–Crippen LogP) is 0.241. The summed E-state index contributed by atoms with van der Waals surface area (Å²) in [7, 11) is 0. The number of nitrogens with two attached hydrogens (primary N) is 1. The molecule has 0 aliphatic rings. The van der Waals surface area contributed by atoms with E-state index in [1.165, 1.54) is 0 Å². The van der Waals surface area contributed by atoms with Crippen LogP contribution >= 0.6 is 0 Å². The lowest BCUT2D eigenvalue weighted by Crippen LogP contribution is -2.41. The Kier molecular flexibility index (Phi) is 5.66. The van der Waals surface area contributed by atoms with Crippen LogP contribution in [0, 0.1) is 0 Å². The van der Waals surface area contributed by atoms with Crippen LogP contribution in [0.1, 0.15) is 5.56 Å². The van der Waals surface area contributed by atoms with Gasteiger partial charge in [0.05, 0.1) is 0 Å². The van der Waals surface area contributed by atoms with Gasteiger partial charge >= 0.3 is 6.09 Å². The van der Waals surface area contributed by atoms with Gasteiger partial charge in [-0.05, 0) is 5.56 Å². The number of hydrogen-bond acceptors (Lipinski definition) is 3. The summed E-state index contributed by atoms with van der Waals surface area (Å²) in [6.07, 6.45) is -1.12. The molecule has 18 heavy (non-hydrogen) atoms. The van der Waals surface area contributed by atoms with Crippen molar-refractivity contribution in [3.63, 3.8) is 0 Å². The lowest BCUT2D eigenvalue weighted by molar-refractivity contribution is -0.121. The summed E-state index contributed by atoms with van der Waals surface area (Å²) in [5.41, 5.74) is 6.09. The molecule has 6 heteroatoms. The van der Waals surface area contributed by atoms with Crippen LogP contribution < -0.4 is 11.1 Å². The van der Waals surface area contributed by atoms with E-state index < -0.39 is 6.09 Å². The van der Waals surface area contributed by atoms with E-state index in [9.17, 15) is 9.59 Å². The Bertz CT molecular complexity index is 395. The third kappa shape index (κ3) is 4.84. The lowest BCUT2D eigenvalue weighted by atomic mass is 10.2. The van der Waals surface area contributed by atoms with Crippen molar-refractivity contribution in [2.24, 2.45) is 5.73 Å². The molecule has 1 aromatic carbocycles. The van der Waals surface area contributed by atoms with Gasteiger partial charge < -0.3 is 16.2 Å². The Morgan fingerprint density at radius 2 is 1.94 bits per heavy atom. The van der Waals surface area contributed by atoms with E-state index in [0.29, 0.717) is 13.1 Å². The number of carbonyl (C=O) groups excluding carboxylic acids is 1. The van der Waals surface area contributed by atoms with E-state index in [1.807, 2.05) is 30.3 Å². The van der Waals surface area contributed by atoms with Crippen LogP contribution in [-0.4, -0.2) is 41.6 Å². The molecule has 2 amide bonds. The highest BCUT2D eigenvalue weighted by molar-refractivity contribution is 5.81. The van der Waals surface area contributed by atoms with Crippen molar-refractivity contribution < 1.29 is 14.7 Å². The third-order valence-electron chi connectivity index (χ3n) is 2.29. The third-order valence-corrected chi connectivity index (χ3v) is 2.29. The number of hydrogen-bond donors (Lipinski definition) is 3. The molecule has 6 nitrogen and oxygen atoms in total. The molecular formula is C12H17N3O3. The van der Waals surface area contributed by atoms with Crippen molar-refractivity contribution in [2.75, 3.05) is 19.6 Å². The zero-order valence-electron chi connectivity index (χ0n) is 10.0. The van der Waals surface area contributed by atoms with Crippen LogP contribution in [0.5, 0.6) is 0 Å². The molecule has 98 valence electrons. The zero-order chi connectivity index (χ0) is 13.4. The van der Waals surface area contributed by atoms with Crippen LogP contribution in [0.15, 0.2) is 30.3 Å². The van der Waals surface area contributed by atoms with E-state index in [-0.39, 0.29) is 19.0 Å². The first-order valence-corrected chi connectivity index (χ1v) is 5.62. The molecular weight excluding hydrogens is 234 g/mol. The van der Waals surface area contributed by atoms with Gasteiger partial charge in [0.1, 0.15) is 6.54 Å². The second kappa shape index (κ2) is 7.29. The first-order chi connectivity index (χ1) is 8.63. The average Bonchev–Trinajstić information content (AvgIpc) is 2.36. The number of nitrogens with one attached hydrogen (secondary N) is 1. The Hall–Kier alpha value is -2.08. The van der Waals surface area contributed by atoms with E-state index >= 15 is 0 Å². The fourth-order valence-corrected chi connectivity index (χ4v) is 1.44. The van der Waals surface area contributed by atoms with Gasteiger partial charge in [-0.3, -0.25) is 9.69 Å². The molecule has 0 aromatic heterocycles. The van der Waals surface area contributed by atoms with Crippen LogP contribution in [0.4, 0.5) is 4.79 Å². The first-order valence-electron chi connectivity index (χ1n) is 5.62. The smallest absolute Gasteiger partial charge is 0.408 e. The van der Waals surface area contributed by atoms with E-state index in [4.69, 9.17) is 10.8 Å². The van der Waals surface area contributed by atoms with E-state index in [1.54, 1.807) is 0 Å². The molecule has 0 aliphatic carbocycles. The summed E-state index contributed by atoms with van der Waals surface area (Å²) >= 11 is 0. The van der Waals surface area contributed by atoms with Crippen LogP contribution in [-0.2, 0) is 11.3 Å². The molecule has 0 aliphatic heterocycles. The number of rotatable bonds is 6. The SMILES string of the molecule is NCCNC(=O)CN(Cc1ccccc1)C(=O)O. The number of amides is 2. The summed E-state index contributed by atoms with van der Waals surface area (Å²) < 4.78 is 0. The molecule has 1 aromatic rings. The highest BCUT2D eigenvalue weighted by Crippen LogP contribution is 2.04. The first kappa shape index (κ1) is 14.0. The van der Waals surface area contributed by atoms with Gasteiger partial charge in [-0.1, -0.05) is 30.3 Å². The highest BCUT2D eigenvalue weighted by atomic mass is 16.4. The molecule has 0 unspecified atom stereocenters. The zero-order valence-corrected chi connectivity index (χ0v) is 10.0. The second-order valence-corrected chi connectivity index (χ2v) is 3.76. The van der Waals surface area contributed by atoms with E-state index in [2.05, 4.69) is 5.32 Å². The normalized spacial score (nSPS) is 9.83. The van der Waals surface area contributed by atoms with Gasteiger partial charge in [0.15, 0.2) is 0 Å². The van der Waals surface area contributed by atoms with Crippen molar-refractivity contribution in [3.8, 4) is 0 Å². The molecule has 0 atom stereocenters. The van der Waals surface area contributed by atoms with Gasteiger partial charge in [-0.25, -0.2) is 4.79 Å². The second-order valence-electron chi connectivity index (χ2n) is 3.76. The van der Waals surface area contributed by atoms with Gasteiger partial charge in [-0.15, -0.1) is 0 Å². The minimum Gasteiger partial charge on any atom is -0.465 e. The molecule has 0 bridgehead atoms. The number of nitrogens with zero attached hydrogens (tertiary/aromatic N) is 1. The topological polar surface area (TPSA) is 95.7 Å². The standard InChI is InChI=1S/C12H17N3O3/c13-6-7-14-11(16)9-15(12(17)18)8-10-4-2-1-3-5-10/h1-5H,6-9,13H2,(H,14,16)(H,17,18). The molecule has 0 radical (unpaired) electrons. The maximum absolute atomic E-state index is 11.4. The molecule has 0 saturated heterocycles. The lowest BCUT2D eigenvalue weighted by Gasteiger charge is -2.18. The molecule has 0 spiro atoms. The predicted molar refractivity (Wildman–Crippen MR) is 66.9 cm³/mol. The Balaban J connectivity index is 2.55. The van der Waals surface area contributed by atoms with Gasteiger partial charge in [0.25, 0.3) is 0 Å². The molecule has 1 rings (SSSR count). The minimum absolute atomic E-state index is 0.187. The Morgan fingerprint density at radius 3 is 2.50 bits per heavy atom. The fraction of sp³-hybridized carbons (Fsp3) is 0.333. The van der Waals surface area contributed by atoms with Crippen molar-refractivity contribution in [2.45, 2.75) is 6.54 Å². The molecule has 0 fully saturated rings. The molecule has 4 N–H and O–H groups in total. The molecule has 0 saturated carbocycles. The van der Waals surface area contributed by atoms with Gasteiger partial charge in [-0.2, -0.15) is 0 Å². The van der Waals surface area contributed by atoms with Crippen LogP contribution in [0.3, 0.4) is 0 Å². The maximum Gasteiger partial charge on any atom is 0.408 e. The number of benzene rings is 1. The minimum atomic E-state index is -1.12. The van der Waals surface area contributed by atoms with Crippen LogP contribution in [0.25, 0.3) is 0 Å². The van der Waals surface area contributed by atoms with Gasteiger partial charge in [0.2, 0.25) is 5.91 Å². The Morgan fingerprint density at radius 1 is 1.28 bits per heavy atom. The average molecular weight is 251 g/mol. The number of carboxylic acid groups (broad SMARTS) is 1. The summed E-state index contributed by atoms with van der Waals surface area (Å²) in [4.78, 5) is 23.5. The van der Waals surface area contributed by atoms with Gasteiger partial charge in [0, 0.05) is 19.6 Å². The molecule has 0 heterocycles. The van der Waals surface area contributed by atoms with Crippen molar-refractivity contribution in [1.29, 1.82) is 0 Å². The fourth-order valence-electron chi connectivity index (χ4n) is 1.44. The Labute approximate surface area is 105 Å². The highest BCUT2D eigenvalue weighted by Gasteiger charge is 2.15. The number of carbonyl (C=O) groups is 2. The maximum atomic E-state index is 11.4. The van der Waals surface area contributed by atoms with E-state index in [0.717, 1.165) is 10.5 Å².